The molecular weight excluding hydrogens is 648 g/mol. The van der Waals surface area contributed by atoms with E-state index in [1.807, 2.05) is 0 Å². The van der Waals surface area contributed by atoms with E-state index in [2.05, 4.69) is 26.6 Å². The molecular formula is C27H42N6O15. The summed E-state index contributed by atoms with van der Waals surface area (Å²) in [5.74, 6) is -11.7. The van der Waals surface area contributed by atoms with Crippen LogP contribution in [0.15, 0.2) is 0 Å². The molecule has 5 atom stereocenters. The average molecular weight is 691 g/mol. The van der Waals surface area contributed by atoms with Crippen molar-refractivity contribution in [1.82, 2.24) is 26.6 Å². The zero-order valence-corrected chi connectivity index (χ0v) is 26.1. The lowest BCUT2D eigenvalue weighted by molar-refractivity contribution is -0.140. The molecule has 12 N–H and O–H groups in total. The first-order valence-electron chi connectivity index (χ1n) is 14.6. The summed E-state index contributed by atoms with van der Waals surface area (Å²) in [7, 11) is 1.24. The molecule has 0 radical (unpaired) electrons. The van der Waals surface area contributed by atoms with Gasteiger partial charge in [-0.1, -0.05) is 0 Å². The molecule has 0 unspecified atom stereocenters. The van der Waals surface area contributed by atoms with Gasteiger partial charge in [-0.25, -0.2) is 0 Å². The van der Waals surface area contributed by atoms with Gasteiger partial charge in [-0.2, -0.15) is 0 Å². The second-order valence-corrected chi connectivity index (χ2v) is 10.5. The molecule has 0 saturated heterocycles. The first-order valence-corrected chi connectivity index (χ1v) is 14.6. The number of amides is 5. The summed E-state index contributed by atoms with van der Waals surface area (Å²) in [5.41, 5.74) is 5.65. The van der Waals surface area contributed by atoms with E-state index >= 15 is 0 Å². The fraction of sp³-hybridized carbons (Fsp3) is 0.630. The zero-order valence-electron chi connectivity index (χ0n) is 26.1. The summed E-state index contributed by atoms with van der Waals surface area (Å²) < 4.78 is 0. The number of hydrogen-bond acceptors (Lipinski definition) is 11. The quantitative estimate of drug-likeness (QED) is 0.0447. The van der Waals surface area contributed by atoms with Crippen LogP contribution in [-0.4, -0.2) is 122 Å². The molecule has 0 aliphatic heterocycles. The molecule has 0 saturated carbocycles. The van der Waals surface area contributed by atoms with Crippen molar-refractivity contribution in [3.63, 3.8) is 0 Å². The van der Waals surface area contributed by atoms with Gasteiger partial charge in [-0.3, -0.25) is 47.9 Å². The average Bonchev–Trinajstić information content (AvgIpc) is 2.99. The number of rotatable bonds is 25. The molecule has 0 aliphatic carbocycles. The lowest BCUT2D eigenvalue weighted by Gasteiger charge is -2.26. The third-order valence-corrected chi connectivity index (χ3v) is 6.61. The van der Waals surface area contributed by atoms with Gasteiger partial charge in [0.25, 0.3) is 0 Å². The molecule has 0 aromatic rings. The second-order valence-electron chi connectivity index (χ2n) is 10.5. The lowest BCUT2D eigenvalue weighted by atomic mass is 10.0. The summed E-state index contributed by atoms with van der Waals surface area (Å²) >= 11 is 0. The molecule has 21 nitrogen and oxygen atoms in total. The maximum atomic E-state index is 13.3. The highest BCUT2D eigenvalue weighted by atomic mass is 16.4. The Hall–Kier alpha value is -5.34. The third-order valence-electron chi connectivity index (χ3n) is 6.61. The van der Waals surface area contributed by atoms with Crippen molar-refractivity contribution >= 4 is 59.4 Å². The maximum absolute atomic E-state index is 13.3. The second kappa shape index (κ2) is 22.2. The van der Waals surface area contributed by atoms with Gasteiger partial charge in [-0.15, -0.1) is 0 Å². The highest BCUT2D eigenvalue weighted by Crippen LogP contribution is 2.08. The van der Waals surface area contributed by atoms with Crippen molar-refractivity contribution in [1.29, 1.82) is 0 Å². The number of carboxylic acids is 5. The van der Waals surface area contributed by atoms with E-state index in [-0.39, 0.29) is 25.7 Å². The van der Waals surface area contributed by atoms with E-state index in [9.17, 15) is 53.1 Å². The van der Waals surface area contributed by atoms with Crippen molar-refractivity contribution < 1.29 is 73.5 Å². The summed E-state index contributed by atoms with van der Waals surface area (Å²) in [6.07, 6.45) is -5.04. The highest BCUT2D eigenvalue weighted by molar-refractivity contribution is 5.96. The molecule has 270 valence electrons. The number of carboxylic acid groups (broad SMARTS) is 5. The van der Waals surface area contributed by atoms with E-state index in [1.54, 1.807) is 0 Å². The van der Waals surface area contributed by atoms with Crippen LogP contribution in [0.25, 0.3) is 0 Å². The maximum Gasteiger partial charge on any atom is 0.303 e. The van der Waals surface area contributed by atoms with Gasteiger partial charge < -0.3 is 57.9 Å². The predicted octanol–water partition coefficient (Wildman–Crippen LogP) is -3.29. The van der Waals surface area contributed by atoms with E-state index in [0.717, 1.165) is 0 Å². The SMILES string of the molecule is CNC(=O)[C@@H](CCCC(=O)O)NC(=O)[C@@H](CCC(=O)O)NC(=O)[C@@H](CCC(=O)O)NC(=O)[C@@H](CCC(=O)O)NC(=O)[C@H](N)CCC(=O)O. The Morgan fingerprint density at radius 1 is 0.438 bits per heavy atom. The van der Waals surface area contributed by atoms with Crippen molar-refractivity contribution in [3.05, 3.63) is 0 Å². The molecule has 0 rings (SSSR count). The molecule has 0 aliphatic rings. The first-order chi connectivity index (χ1) is 22.4. The largest absolute Gasteiger partial charge is 0.481 e. The fourth-order valence-corrected chi connectivity index (χ4v) is 4.02. The van der Waals surface area contributed by atoms with Gasteiger partial charge in [-0.05, 0) is 38.5 Å². The molecule has 21 heteroatoms. The van der Waals surface area contributed by atoms with Crippen LogP contribution in [0.1, 0.15) is 70.6 Å². The Kier molecular flexibility index (Phi) is 19.8. The Labute approximate surface area is 273 Å². The van der Waals surface area contributed by atoms with Gasteiger partial charge in [0.2, 0.25) is 29.5 Å². The Morgan fingerprint density at radius 3 is 1.04 bits per heavy atom. The van der Waals surface area contributed by atoms with Gasteiger partial charge in [0.15, 0.2) is 0 Å². The van der Waals surface area contributed by atoms with E-state index in [4.69, 9.17) is 26.2 Å². The highest BCUT2D eigenvalue weighted by Gasteiger charge is 2.32. The van der Waals surface area contributed by atoms with Crippen LogP contribution in [0.2, 0.25) is 0 Å². The predicted molar refractivity (Wildman–Crippen MR) is 159 cm³/mol. The number of nitrogens with one attached hydrogen (secondary N) is 5. The normalized spacial score (nSPS) is 13.7. The monoisotopic (exact) mass is 690 g/mol. The number of nitrogens with two attached hydrogens (primary N) is 1. The summed E-state index contributed by atoms with van der Waals surface area (Å²) in [4.78, 5) is 120. The standard InChI is InChI=1S/C27H42N6O15/c1-29-24(45)14(3-2-4-18(34)35)31-26(47)16(7-11-21(40)41)33-27(48)17(8-12-22(42)43)32-25(46)15(6-10-20(38)39)30-23(44)13(28)5-9-19(36)37/h13-17H,2-12,28H2,1H3,(H,29,45)(H,30,44)(H,31,47)(H,32,46)(H,33,48)(H,34,35)(H,36,37)(H,38,39)(H,40,41)(H,42,43)/t13-,14-,15-,16-,17-/m1/s1. The number of carbonyl (C=O) groups excluding carboxylic acids is 5. The molecule has 0 spiro atoms. The minimum Gasteiger partial charge on any atom is -0.481 e. The molecule has 0 bridgehead atoms. The van der Waals surface area contributed by atoms with Gasteiger partial charge in [0.05, 0.1) is 6.04 Å². The first kappa shape index (κ1) is 42.7. The number of carbonyl (C=O) groups is 10. The molecule has 0 aromatic heterocycles. The fourth-order valence-electron chi connectivity index (χ4n) is 4.02. The minimum atomic E-state index is -1.73. The number of aliphatic carboxylic acids is 5. The van der Waals surface area contributed by atoms with Crippen LogP contribution in [0.3, 0.4) is 0 Å². The van der Waals surface area contributed by atoms with Crippen LogP contribution in [0.5, 0.6) is 0 Å². The molecule has 0 heterocycles. The molecule has 0 aromatic carbocycles. The molecule has 5 amide bonds. The smallest absolute Gasteiger partial charge is 0.303 e. The van der Waals surface area contributed by atoms with Crippen molar-refractivity contribution in [2.24, 2.45) is 5.73 Å². The molecule has 0 fully saturated rings. The number of hydrogen-bond donors (Lipinski definition) is 11. The van der Waals surface area contributed by atoms with Crippen molar-refractivity contribution in [2.45, 2.75) is 101 Å². The van der Waals surface area contributed by atoms with E-state index < -0.39 is 135 Å². The van der Waals surface area contributed by atoms with E-state index in [0.29, 0.717) is 0 Å². The Balaban J connectivity index is 6.12. The van der Waals surface area contributed by atoms with Crippen molar-refractivity contribution in [2.75, 3.05) is 7.05 Å². The zero-order chi connectivity index (χ0) is 37.0. The van der Waals surface area contributed by atoms with Gasteiger partial charge in [0.1, 0.15) is 24.2 Å². The van der Waals surface area contributed by atoms with Crippen LogP contribution in [0.4, 0.5) is 0 Å². The lowest BCUT2D eigenvalue weighted by Crippen LogP contribution is -2.59. The van der Waals surface area contributed by atoms with Crippen LogP contribution in [-0.2, 0) is 47.9 Å². The summed E-state index contributed by atoms with van der Waals surface area (Å²) in [5, 5.41) is 56.2. The topological polar surface area (TPSA) is 358 Å². The summed E-state index contributed by atoms with van der Waals surface area (Å²) in [6.45, 7) is 0. The van der Waals surface area contributed by atoms with Gasteiger partial charge in [0, 0.05) is 39.2 Å². The Bertz CT molecular complexity index is 1210. The summed E-state index contributed by atoms with van der Waals surface area (Å²) in [6, 6.07) is -7.73. The Morgan fingerprint density at radius 2 is 0.729 bits per heavy atom. The van der Waals surface area contributed by atoms with Crippen LogP contribution in [0, 0.1) is 0 Å². The van der Waals surface area contributed by atoms with Crippen molar-refractivity contribution in [3.8, 4) is 0 Å². The van der Waals surface area contributed by atoms with Crippen LogP contribution < -0.4 is 32.3 Å². The minimum absolute atomic E-state index is 0.0345. The number of likely N-dealkylation sites (N-methyl/N-ethyl adjacent to an activating group) is 1. The van der Waals surface area contributed by atoms with E-state index in [1.165, 1.54) is 7.05 Å². The van der Waals surface area contributed by atoms with Gasteiger partial charge >= 0.3 is 29.8 Å². The third kappa shape index (κ3) is 18.6. The van der Waals surface area contributed by atoms with Crippen LogP contribution >= 0.6 is 0 Å². The molecule has 48 heavy (non-hydrogen) atoms.